The first-order chi connectivity index (χ1) is 8.81. The normalized spacial score (nSPS) is 27.2. The molecule has 1 fully saturated rings. The van der Waals surface area contributed by atoms with E-state index in [1.165, 1.54) is 31.1 Å². The largest absolute Gasteiger partial charge is 0.468 e. The van der Waals surface area contributed by atoms with E-state index in [4.69, 9.17) is 4.74 Å². The van der Waals surface area contributed by atoms with Crippen LogP contribution in [0.5, 0.6) is 0 Å². The van der Waals surface area contributed by atoms with Crippen LogP contribution in [0.25, 0.3) is 0 Å². The number of carbonyl (C=O) groups is 1. The molecule has 1 saturated heterocycles. The summed E-state index contributed by atoms with van der Waals surface area (Å²) in [5.41, 5.74) is 2.86. The molecule has 18 heavy (non-hydrogen) atoms. The molecule has 2 atom stereocenters. The Morgan fingerprint density at radius 2 is 2.17 bits per heavy atom. The van der Waals surface area contributed by atoms with Crippen molar-refractivity contribution in [1.82, 2.24) is 4.90 Å². The van der Waals surface area contributed by atoms with E-state index in [1.807, 2.05) is 0 Å². The Morgan fingerprint density at radius 3 is 2.89 bits per heavy atom. The van der Waals surface area contributed by atoms with E-state index in [1.54, 1.807) is 0 Å². The Balaban J connectivity index is 1.84. The summed E-state index contributed by atoms with van der Waals surface area (Å²) in [6.45, 7) is 1.01. The topological polar surface area (TPSA) is 29.5 Å². The second-order valence-electron chi connectivity index (χ2n) is 5.17. The number of rotatable bonds is 2. The standard InChI is InChI=1S/C15H19NO2/c1-18-15(17)14-9-10-16(14)13-8-4-6-11-5-2-3-7-12(11)13/h2-3,5,7,13-14H,4,6,8-10H2,1H3. The van der Waals surface area contributed by atoms with Gasteiger partial charge in [-0.05, 0) is 36.8 Å². The molecule has 0 saturated carbocycles. The maximum Gasteiger partial charge on any atom is 0.323 e. The molecule has 0 spiro atoms. The lowest BCUT2D eigenvalue weighted by Gasteiger charge is -2.46. The number of ether oxygens (including phenoxy) is 1. The third-order valence-electron chi connectivity index (χ3n) is 4.27. The molecule has 1 heterocycles. The second kappa shape index (κ2) is 4.73. The first-order valence-electron chi connectivity index (χ1n) is 6.72. The maximum absolute atomic E-state index is 11.7. The van der Waals surface area contributed by atoms with Crippen molar-refractivity contribution >= 4 is 5.97 Å². The van der Waals surface area contributed by atoms with Crippen LogP contribution in [0.4, 0.5) is 0 Å². The predicted octanol–water partition coefficient (Wildman–Crippen LogP) is 2.31. The summed E-state index contributed by atoms with van der Waals surface area (Å²) in [5.74, 6) is -0.0793. The Labute approximate surface area is 108 Å². The van der Waals surface area contributed by atoms with Crippen molar-refractivity contribution in [1.29, 1.82) is 0 Å². The van der Waals surface area contributed by atoms with Crippen molar-refractivity contribution < 1.29 is 9.53 Å². The first-order valence-corrected chi connectivity index (χ1v) is 6.72. The second-order valence-corrected chi connectivity index (χ2v) is 5.17. The zero-order chi connectivity index (χ0) is 12.5. The molecule has 0 aromatic heterocycles. The molecule has 3 heteroatoms. The van der Waals surface area contributed by atoms with Gasteiger partial charge in [0, 0.05) is 12.6 Å². The summed E-state index contributed by atoms with van der Waals surface area (Å²) in [4.78, 5) is 14.0. The summed E-state index contributed by atoms with van der Waals surface area (Å²) in [5, 5.41) is 0. The molecule has 2 aliphatic rings. The van der Waals surface area contributed by atoms with Gasteiger partial charge in [0.05, 0.1) is 7.11 Å². The van der Waals surface area contributed by atoms with Gasteiger partial charge in [0.2, 0.25) is 0 Å². The molecule has 1 aliphatic heterocycles. The molecular weight excluding hydrogens is 226 g/mol. The van der Waals surface area contributed by atoms with Gasteiger partial charge in [-0.1, -0.05) is 24.3 Å². The zero-order valence-corrected chi connectivity index (χ0v) is 10.8. The van der Waals surface area contributed by atoms with Crippen molar-refractivity contribution in [2.24, 2.45) is 0 Å². The van der Waals surface area contributed by atoms with E-state index < -0.39 is 0 Å². The number of carbonyl (C=O) groups excluding carboxylic acids is 1. The van der Waals surface area contributed by atoms with Gasteiger partial charge in [0.25, 0.3) is 0 Å². The van der Waals surface area contributed by atoms with Crippen LogP contribution >= 0.6 is 0 Å². The van der Waals surface area contributed by atoms with Gasteiger partial charge < -0.3 is 4.74 Å². The Hall–Kier alpha value is -1.35. The minimum absolute atomic E-state index is 0.0221. The monoisotopic (exact) mass is 245 g/mol. The first kappa shape index (κ1) is 11.7. The van der Waals surface area contributed by atoms with Crippen LogP contribution in [0, 0.1) is 0 Å². The summed E-state index contributed by atoms with van der Waals surface area (Å²) in [6.07, 6.45) is 4.48. The van der Waals surface area contributed by atoms with Gasteiger partial charge >= 0.3 is 5.97 Å². The van der Waals surface area contributed by atoms with Crippen molar-refractivity contribution in [3.05, 3.63) is 35.4 Å². The van der Waals surface area contributed by atoms with Gasteiger partial charge in [0.1, 0.15) is 6.04 Å². The van der Waals surface area contributed by atoms with Gasteiger partial charge in [-0.2, -0.15) is 0 Å². The number of methoxy groups -OCH3 is 1. The minimum atomic E-state index is -0.0793. The van der Waals surface area contributed by atoms with Crippen LogP contribution in [0.3, 0.4) is 0 Å². The predicted molar refractivity (Wildman–Crippen MR) is 69.2 cm³/mol. The summed E-state index contributed by atoms with van der Waals surface area (Å²) in [6, 6.07) is 9.03. The number of aryl methyl sites for hydroxylation is 1. The number of likely N-dealkylation sites (tertiary alicyclic amines) is 1. The lowest BCUT2D eigenvalue weighted by atomic mass is 9.84. The van der Waals surface area contributed by atoms with Crippen LogP contribution in [0.1, 0.15) is 36.4 Å². The minimum Gasteiger partial charge on any atom is -0.468 e. The zero-order valence-electron chi connectivity index (χ0n) is 10.8. The highest BCUT2D eigenvalue weighted by molar-refractivity contribution is 5.76. The molecule has 96 valence electrons. The summed E-state index contributed by atoms with van der Waals surface area (Å²) >= 11 is 0. The van der Waals surface area contributed by atoms with Crippen LogP contribution in [0.15, 0.2) is 24.3 Å². The molecule has 3 rings (SSSR count). The number of esters is 1. The van der Waals surface area contributed by atoms with Crippen LogP contribution in [-0.2, 0) is 16.0 Å². The number of benzene rings is 1. The molecule has 0 amide bonds. The van der Waals surface area contributed by atoms with Gasteiger partial charge in [-0.3, -0.25) is 9.69 Å². The fourth-order valence-corrected chi connectivity index (χ4v) is 3.24. The molecule has 2 unspecified atom stereocenters. The molecule has 3 nitrogen and oxygen atoms in total. The average Bonchev–Trinajstić information content (AvgIpc) is 2.38. The number of fused-ring (bicyclic) bond motifs is 1. The van der Waals surface area contributed by atoms with Crippen molar-refractivity contribution in [2.45, 2.75) is 37.8 Å². The molecule has 0 radical (unpaired) electrons. The van der Waals surface area contributed by atoms with E-state index >= 15 is 0 Å². The van der Waals surface area contributed by atoms with E-state index in [9.17, 15) is 4.79 Å². The molecule has 1 aromatic rings. The average molecular weight is 245 g/mol. The third kappa shape index (κ3) is 1.83. The van der Waals surface area contributed by atoms with E-state index in [-0.39, 0.29) is 12.0 Å². The molecule has 1 aliphatic carbocycles. The van der Waals surface area contributed by atoms with Gasteiger partial charge in [0.15, 0.2) is 0 Å². The Bertz CT molecular complexity index is 458. The Kier molecular flexibility index (Phi) is 3.08. The lowest BCUT2D eigenvalue weighted by molar-refractivity contribution is -0.154. The van der Waals surface area contributed by atoms with E-state index in [0.717, 1.165) is 19.4 Å². The summed E-state index contributed by atoms with van der Waals surface area (Å²) in [7, 11) is 1.48. The van der Waals surface area contributed by atoms with Crippen molar-refractivity contribution in [3.8, 4) is 0 Å². The molecule has 0 bridgehead atoms. The van der Waals surface area contributed by atoms with Crippen LogP contribution < -0.4 is 0 Å². The van der Waals surface area contributed by atoms with E-state index in [0.29, 0.717) is 6.04 Å². The Morgan fingerprint density at radius 1 is 1.33 bits per heavy atom. The maximum atomic E-state index is 11.7. The van der Waals surface area contributed by atoms with Crippen molar-refractivity contribution in [2.75, 3.05) is 13.7 Å². The molecule has 1 aromatic carbocycles. The quantitative estimate of drug-likeness (QED) is 0.749. The lowest BCUT2D eigenvalue weighted by Crippen LogP contribution is -2.54. The molecule has 0 N–H and O–H groups in total. The van der Waals surface area contributed by atoms with Crippen LogP contribution in [0.2, 0.25) is 0 Å². The van der Waals surface area contributed by atoms with Gasteiger partial charge in [-0.15, -0.1) is 0 Å². The smallest absolute Gasteiger partial charge is 0.323 e. The highest BCUT2D eigenvalue weighted by atomic mass is 16.5. The fourth-order valence-electron chi connectivity index (χ4n) is 3.24. The highest BCUT2D eigenvalue weighted by Crippen LogP contribution is 2.39. The van der Waals surface area contributed by atoms with Gasteiger partial charge in [-0.25, -0.2) is 0 Å². The molecular formula is C15H19NO2. The number of nitrogens with zero attached hydrogens (tertiary/aromatic N) is 1. The summed E-state index contributed by atoms with van der Waals surface area (Å²) < 4.78 is 4.88. The van der Waals surface area contributed by atoms with E-state index in [2.05, 4.69) is 29.2 Å². The van der Waals surface area contributed by atoms with Crippen LogP contribution in [-0.4, -0.2) is 30.6 Å². The third-order valence-corrected chi connectivity index (χ3v) is 4.27. The number of hydrogen-bond donors (Lipinski definition) is 0. The van der Waals surface area contributed by atoms with Crippen molar-refractivity contribution in [3.63, 3.8) is 0 Å². The number of hydrogen-bond acceptors (Lipinski definition) is 3. The highest BCUT2D eigenvalue weighted by Gasteiger charge is 2.40. The fraction of sp³-hybridized carbons (Fsp3) is 0.533. The SMILES string of the molecule is COC(=O)C1CCN1C1CCCc2ccccc21.